The highest BCUT2D eigenvalue weighted by Gasteiger charge is 2.51. The van der Waals surface area contributed by atoms with Crippen LogP contribution in [-0.4, -0.2) is 22.1 Å². The van der Waals surface area contributed by atoms with Gasteiger partial charge in [0.05, 0.1) is 17.7 Å². The maximum Gasteiger partial charge on any atom is 0.329 e. The standard InChI is InChI=1S/C25H22F2N4O2/c1-4-18-23(32)31(24(33)29-25(18,3)19-14-28-30-15(19)2)22-20(26)12-17(13-21(22)27)11-10-16-8-6-5-7-9-16/h5-9,12-14,18H,4H2,1-3H3,(H,28,30)(H,29,33)/t18?,25-/m0/s1. The molecule has 1 aliphatic rings. The number of amides is 3. The maximum atomic E-state index is 15.0. The van der Waals surface area contributed by atoms with E-state index < -0.39 is 40.7 Å². The lowest BCUT2D eigenvalue weighted by molar-refractivity contribution is -0.125. The van der Waals surface area contributed by atoms with Gasteiger partial charge in [0.15, 0.2) is 11.6 Å². The summed E-state index contributed by atoms with van der Waals surface area (Å²) in [6.45, 7) is 5.26. The van der Waals surface area contributed by atoms with Gasteiger partial charge >= 0.3 is 6.03 Å². The monoisotopic (exact) mass is 448 g/mol. The number of anilines is 1. The smallest absolute Gasteiger partial charge is 0.327 e. The van der Waals surface area contributed by atoms with E-state index in [0.717, 1.165) is 12.1 Å². The first-order valence-corrected chi connectivity index (χ1v) is 10.5. The van der Waals surface area contributed by atoms with Crippen molar-refractivity contribution >= 4 is 17.6 Å². The van der Waals surface area contributed by atoms with E-state index in [2.05, 4.69) is 27.4 Å². The van der Waals surface area contributed by atoms with E-state index in [4.69, 9.17) is 0 Å². The lowest BCUT2D eigenvalue weighted by Crippen LogP contribution is -2.65. The number of aromatic nitrogens is 2. The van der Waals surface area contributed by atoms with Gasteiger partial charge in [-0.25, -0.2) is 18.5 Å². The number of aromatic amines is 1. The Kier molecular flexibility index (Phi) is 5.73. The topological polar surface area (TPSA) is 78.1 Å². The summed E-state index contributed by atoms with van der Waals surface area (Å²) in [4.78, 5) is 26.9. The molecule has 0 spiro atoms. The van der Waals surface area contributed by atoms with Crippen molar-refractivity contribution in [3.63, 3.8) is 0 Å². The molecule has 1 unspecified atom stereocenters. The van der Waals surface area contributed by atoms with Gasteiger partial charge in [0.25, 0.3) is 0 Å². The highest BCUT2D eigenvalue weighted by molar-refractivity contribution is 6.17. The summed E-state index contributed by atoms with van der Waals surface area (Å²) < 4.78 is 30.1. The Balaban J connectivity index is 1.71. The number of rotatable bonds is 3. The van der Waals surface area contributed by atoms with Gasteiger partial charge in [-0.3, -0.25) is 9.89 Å². The zero-order chi connectivity index (χ0) is 23.8. The van der Waals surface area contributed by atoms with Crippen molar-refractivity contribution in [2.24, 2.45) is 5.92 Å². The molecular weight excluding hydrogens is 426 g/mol. The van der Waals surface area contributed by atoms with Gasteiger partial charge in [-0.2, -0.15) is 5.10 Å². The molecule has 6 nitrogen and oxygen atoms in total. The molecule has 0 bridgehead atoms. The summed E-state index contributed by atoms with van der Waals surface area (Å²) in [5, 5.41) is 9.56. The van der Waals surface area contributed by atoms with E-state index in [1.165, 1.54) is 0 Å². The lowest BCUT2D eigenvalue weighted by atomic mass is 9.76. The molecule has 4 rings (SSSR count). The molecular formula is C25H22F2N4O2. The summed E-state index contributed by atoms with van der Waals surface area (Å²) in [6, 6.07) is 10.1. The van der Waals surface area contributed by atoms with Gasteiger partial charge < -0.3 is 5.32 Å². The third-order valence-electron chi connectivity index (χ3n) is 5.95. The van der Waals surface area contributed by atoms with Crippen LogP contribution in [-0.2, 0) is 10.3 Å². The van der Waals surface area contributed by atoms with Gasteiger partial charge in [0, 0.05) is 22.4 Å². The molecule has 3 aromatic rings. The second-order valence-electron chi connectivity index (χ2n) is 8.08. The number of hydrogen-bond acceptors (Lipinski definition) is 3. The summed E-state index contributed by atoms with van der Waals surface area (Å²) in [6.07, 6.45) is 1.88. The second-order valence-corrected chi connectivity index (χ2v) is 8.08. The molecule has 1 fully saturated rings. The predicted molar refractivity (Wildman–Crippen MR) is 119 cm³/mol. The number of H-pyrrole nitrogens is 1. The van der Waals surface area contributed by atoms with Crippen molar-refractivity contribution in [1.29, 1.82) is 0 Å². The highest BCUT2D eigenvalue weighted by atomic mass is 19.1. The molecule has 33 heavy (non-hydrogen) atoms. The molecule has 1 saturated heterocycles. The third kappa shape index (κ3) is 3.87. The van der Waals surface area contributed by atoms with Crippen LogP contribution in [0.1, 0.15) is 42.7 Å². The average Bonchev–Trinajstić information content (AvgIpc) is 3.21. The highest BCUT2D eigenvalue weighted by Crippen LogP contribution is 2.40. The maximum absolute atomic E-state index is 15.0. The summed E-state index contributed by atoms with van der Waals surface area (Å²) in [7, 11) is 0. The van der Waals surface area contributed by atoms with Crippen LogP contribution in [0.25, 0.3) is 0 Å². The second kappa shape index (κ2) is 8.51. The number of hydrogen-bond donors (Lipinski definition) is 2. The Morgan fingerprint density at radius 3 is 2.30 bits per heavy atom. The van der Waals surface area contributed by atoms with E-state index in [-0.39, 0.29) is 5.56 Å². The molecule has 2 aromatic carbocycles. The van der Waals surface area contributed by atoms with Crippen LogP contribution in [0, 0.1) is 36.3 Å². The number of aryl methyl sites for hydroxylation is 1. The van der Waals surface area contributed by atoms with E-state index in [0.29, 0.717) is 28.1 Å². The van der Waals surface area contributed by atoms with E-state index >= 15 is 8.78 Å². The fourth-order valence-corrected chi connectivity index (χ4v) is 4.31. The SMILES string of the molecule is CCC1C(=O)N(c2c(F)cc(C#Cc3ccccc3)cc2F)C(=O)N[C@]1(C)c1cn[nH]c1C. The van der Waals surface area contributed by atoms with Gasteiger partial charge in [0.2, 0.25) is 5.91 Å². The third-order valence-corrected chi connectivity index (χ3v) is 5.95. The number of benzene rings is 2. The van der Waals surface area contributed by atoms with E-state index in [1.54, 1.807) is 51.2 Å². The number of nitrogens with zero attached hydrogens (tertiary/aromatic N) is 2. The van der Waals surface area contributed by atoms with Crippen molar-refractivity contribution in [1.82, 2.24) is 15.5 Å². The Hall–Kier alpha value is -3.99. The molecule has 2 heterocycles. The molecule has 1 aliphatic heterocycles. The molecule has 1 aromatic heterocycles. The molecule has 3 amide bonds. The minimum absolute atomic E-state index is 0.0911. The number of carbonyl (C=O) groups excluding carboxylic acids is 2. The Labute approximate surface area is 190 Å². The molecule has 168 valence electrons. The number of imide groups is 1. The molecule has 2 N–H and O–H groups in total. The Morgan fingerprint density at radius 2 is 1.73 bits per heavy atom. The van der Waals surface area contributed by atoms with Crippen LogP contribution in [0.4, 0.5) is 19.3 Å². The van der Waals surface area contributed by atoms with Crippen LogP contribution in [0.15, 0.2) is 48.7 Å². The predicted octanol–water partition coefficient (Wildman–Crippen LogP) is 4.39. The number of urea groups is 1. The fourth-order valence-electron chi connectivity index (χ4n) is 4.31. The quantitative estimate of drug-likeness (QED) is 0.584. The van der Waals surface area contributed by atoms with Crippen molar-refractivity contribution in [3.05, 3.63) is 82.7 Å². The van der Waals surface area contributed by atoms with E-state index in [1.807, 2.05) is 6.07 Å². The van der Waals surface area contributed by atoms with Crippen molar-refractivity contribution in [3.8, 4) is 11.8 Å². The number of nitrogens with one attached hydrogen (secondary N) is 2. The Morgan fingerprint density at radius 1 is 1.09 bits per heavy atom. The summed E-state index contributed by atoms with van der Waals surface area (Å²) >= 11 is 0. The minimum atomic E-state index is -1.08. The zero-order valence-electron chi connectivity index (χ0n) is 18.4. The van der Waals surface area contributed by atoms with Crippen molar-refractivity contribution in [2.75, 3.05) is 4.90 Å². The first-order chi connectivity index (χ1) is 15.8. The molecule has 8 heteroatoms. The van der Waals surface area contributed by atoms with Crippen molar-refractivity contribution in [2.45, 2.75) is 32.7 Å². The molecule has 0 aliphatic carbocycles. The van der Waals surface area contributed by atoms with Crippen LogP contribution >= 0.6 is 0 Å². The zero-order valence-corrected chi connectivity index (χ0v) is 18.4. The molecule has 2 atom stereocenters. The number of halogens is 2. The molecule has 0 radical (unpaired) electrons. The van der Waals surface area contributed by atoms with Gasteiger partial charge in [0.1, 0.15) is 5.69 Å². The van der Waals surface area contributed by atoms with Crippen LogP contribution < -0.4 is 10.2 Å². The summed E-state index contributed by atoms with van der Waals surface area (Å²) in [5.74, 6) is 1.99. The van der Waals surface area contributed by atoms with Gasteiger partial charge in [-0.1, -0.05) is 37.0 Å². The fraction of sp³-hybridized carbons (Fsp3) is 0.240. The van der Waals surface area contributed by atoms with Crippen molar-refractivity contribution < 1.29 is 18.4 Å². The van der Waals surface area contributed by atoms with Crippen LogP contribution in [0.5, 0.6) is 0 Å². The normalized spacial score (nSPS) is 20.3. The Bertz CT molecular complexity index is 1270. The lowest BCUT2D eigenvalue weighted by Gasteiger charge is -2.44. The van der Waals surface area contributed by atoms with Gasteiger partial charge in [-0.05, 0) is 44.5 Å². The largest absolute Gasteiger partial charge is 0.329 e. The van der Waals surface area contributed by atoms with E-state index in [9.17, 15) is 9.59 Å². The summed E-state index contributed by atoms with van der Waals surface area (Å²) in [5.41, 5.74) is 0.317. The van der Waals surface area contributed by atoms with Crippen LogP contribution in [0.2, 0.25) is 0 Å². The minimum Gasteiger partial charge on any atom is -0.327 e. The first kappa shape index (κ1) is 22.2. The first-order valence-electron chi connectivity index (χ1n) is 10.5. The average molecular weight is 448 g/mol. The van der Waals surface area contributed by atoms with Crippen LogP contribution in [0.3, 0.4) is 0 Å². The number of carbonyl (C=O) groups is 2. The van der Waals surface area contributed by atoms with Gasteiger partial charge in [-0.15, -0.1) is 0 Å². The molecule has 0 saturated carbocycles.